The molecule has 1 heterocycles. The third kappa shape index (κ3) is 5.21. The maximum Gasteiger partial charge on any atom is 0.251 e. The van der Waals surface area contributed by atoms with Gasteiger partial charge < -0.3 is 15.1 Å². The van der Waals surface area contributed by atoms with E-state index >= 15 is 0 Å². The summed E-state index contributed by atoms with van der Waals surface area (Å²) < 4.78 is 0. The first-order valence-electron chi connectivity index (χ1n) is 11.3. The molecule has 6 heteroatoms. The molecule has 30 heavy (non-hydrogen) atoms. The number of carbonyl (C=O) groups is 3. The lowest BCUT2D eigenvalue weighted by molar-refractivity contribution is -0.147. The molecule has 1 saturated carbocycles. The Morgan fingerprint density at radius 2 is 1.67 bits per heavy atom. The SMILES string of the molecule is CC(C)C(NC(=O)c1ccccc1)C(=O)N1CCN(C(=O)C2CCCCC2)C(C)C1. The van der Waals surface area contributed by atoms with E-state index in [4.69, 9.17) is 0 Å². The number of carbonyl (C=O) groups excluding carboxylic acids is 3. The highest BCUT2D eigenvalue weighted by Gasteiger charge is 2.36. The highest BCUT2D eigenvalue weighted by Crippen LogP contribution is 2.27. The molecule has 2 aliphatic rings. The first-order valence-corrected chi connectivity index (χ1v) is 11.3. The normalized spacial score (nSPS) is 21.4. The second kappa shape index (κ2) is 10.1. The summed E-state index contributed by atoms with van der Waals surface area (Å²) in [6.45, 7) is 7.51. The maximum atomic E-state index is 13.2. The number of rotatable bonds is 5. The zero-order valence-electron chi connectivity index (χ0n) is 18.5. The Morgan fingerprint density at radius 3 is 2.27 bits per heavy atom. The van der Waals surface area contributed by atoms with E-state index in [9.17, 15) is 14.4 Å². The number of hydrogen-bond acceptors (Lipinski definition) is 3. The molecule has 3 rings (SSSR count). The first kappa shape index (κ1) is 22.3. The quantitative estimate of drug-likeness (QED) is 0.806. The summed E-state index contributed by atoms with van der Waals surface area (Å²) >= 11 is 0. The lowest BCUT2D eigenvalue weighted by Gasteiger charge is -2.43. The monoisotopic (exact) mass is 413 g/mol. The van der Waals surface area contributed by atoms with Gasteiger partial charge in [0.2, 0.25) is 11.8 Å². The minimum atomic E-state index is -0.578. The smallest absolute Gasteiger partial charge is 0.251 e. The van der Waals surface area contributed by atoms with Gasteiger partial charge in [0.05, 0.1) is 0 Å². The van der Waals surface area contributed by atoms with Crippen LogP contribution in [0.3, 0.4) is 0 Å². The largest absolute Gasteiger partial charge is 0.340 e. The predicted molar refractivity (Wildman–Crippen MR) is 117 cm³/mol. The van der Waals surface area contributed by atoms with Gasteiger partial charge in [-0.3, -0.25) is 14.4 Å². The van der Waals surface area contributed by atoms with Crippen molar-refractivity contribution in [2.24, 2.45) is 11.8 Å². The summed E-state index contributed by atoms with van der Waals surface area (Å²) in [5.74, 6) is 0.0826. The van der Waals surface area contributed by atoms with Crippen LogP contribution in [0.2, 0.25) is 0 Å². The number of nitrogens with one attached hydrogen (secondary N) is 1. The standard InChI is InChI=1S/C24H35N3O3/c1-17(2)21(25-22(28)19-10-6-4-7-11-19)24(30)26-14-15-27(18(3)16-26)23(29)20-12-8-5-9-13-20/h4,6-7,10-11,17-18,20-21H,5,8-9,12-16H2,1-3H3,(H,25,28). The molecule has 164 valence electrons. The van der Waals surface area contributed by atoms with Crippen molar-refractivity contribution < 1.29 is 14.4 Å². The lowest BCUT2D eigenvalue weighted by atomic mass is 9.87. The molecule has 0 radical (unpaired) electrons. The highest BCUT2D eigenvalue weighted by atomic mass is 16.2. The van der Waals surface area contributed by atoms with Gasteiger partial charge in [-0.2, -0.15) is 0 Å². The molecule has 0 spiro atoms. The Balaban J connectivity index is 1.61. The first-order chi connectivity index (χ1) is 14.4. The Morgan fingerprint density at radius 1 is 1.00 bits per heavy atom. The van der Waals surface area contributed by atoms with Crippen molar-refractivity contribution in [2.45, 2.75) is 65.0 Å². The minimum absolute atomic E-state index is 0.00485. The molecule has 2 fully saturated rings. The van der Waals surface area contributed by atoms with E-state index in [1.165, 1.54) is 6.42 Å². The van der Waals surface area contributed by atoms with E-state index in [0.29, 0.717) is 25.2 Å². The van der Waals surface area contributed by atoms with Crippen LogP contribution in [-0.4, -0.2) is 59.2 Å². The molecule has 0 bridgehead atoms. The van der Waals surface area contributed by atoms with E-state index in [1.54, 1.807) is 12.1 Å². The fourth-order valence-corrected chi connectivity index (χ4v) is 4.59. The number of amides is 3. The molecule has 1 saturated heterocycles. The van der Waals surface area contributed by atoms with Gasteiger partial charge in [0.25, 0.3) is 5.91 Å². The van der Waals surface area contributed by atoms with Crippen LogP contribution in [0, 0.1) is 11.8 Å². The summed E-state index contributed by atoms with van der Waals surface area (Å²) in [7, 11) is 0. The van der Waals surface area contributed by atoms with Gasteiger partial charge >= 0.3 is 0 Å². The lowest BCUT2D eigenvalue weighted by Crippen LogP contribution is -2.60. The van der Waals surface area contributed by atoms with Crippen LogP contribution < -0.4 is 5.32 Å². The van der Waals surface area contributed by atoms with Crippen LogP contribution in [0.4, 0.5) is 0 Å². The van der Waals surface area contributed by atoms with Crippen LogP contribution in [0.15, 0.2) is 30.3 Å². The Labute approximate surface area is 180 Å². The predicted octanol–water partition coefficient (Wildman–Crippen LogP) is 3.08. The molecule has 1 N–H and O–H groups in total. The fraction of sp³-hybridized carbons (Fsp3) is 0.625. The van der Waals surface area contributed by atoms with E-state index in [2.05, 4.69) is 5.32 Å². The van der Waals surface area contributed by atoms with Gasteiger partial charge in [0, 0.05) is 37.2 Å². The Bertz CT molecular complexity index is 743. The maximum absolute atomic E-state index is 13.2. The molecule has 2 atom stereocenters. The molecule has 0 aromatic heterocycles. The van der Waals surface area contributed by atoms with Crippen molar-refractivity contribution in [3.63, 3.8) is 0 Å². The zero-order valence-corrected chi connectivity index (χ0v) is 18.5. The van der Waals surface area contributed by atoms with Gasteiger partial charge in [-0.1, -0.05) is 51.3 Å². The Hall–Kier alpha value is -2.37. The van der Waals surface area contributed by atoms with Gasteiger partial charge in [-0.05, 0) is 37.8 Å². The van der Waals surface area contributed by atoms with Crippen molar-refractivity contribution in [3.8, 4) is 0 Å². The second-order valence-electron chi connectivity index (χ2n) is 9.06. The highest BCUT2D eigenvalue weighted by molar-refractivity contribution is 5.97. The van der Waals surface area contributed by atoms with Crippen LogP contribution in [-0.2, 0) is 9.59 Å². The van der Waals surface area contributed by atoms with Crippen molar-refractivity contribution in [1.82, 2.24) is 15.1 Å². The topological polar surface area (TPSA) is 69.7 Å². The van der Waals surface area contributed by atoms with Gasteiger partial charge in [0.15, 0.2) is 0 Å². The molecule has 1 aliphatic heterocycles. The molecular formula is C24H35N3O3. The van der Waals surface area contributed by atoms with E-state index in [-0.39, 0.29) is 35.6 Å². The zero-order chi connectivity index (χ0) is 21.7. The number of hydrogen-bond donors (Lipinski definition) is 1. The average molecular weight is 414 g/mol. The van der Waals surface area contributed by atoms with E-state index in [1.807, 2.05) is 48.8 Å². The fourth-order valence-electron chi connectivity index (χ4n) is 4.59. The van der Waals surface area contributed by atoms with Gasteiger partial charge in [0.1, 0.15) is 6.04 Å². The van der Waals surface area contributed by atoms with Crippen molar-refractivity contribution in [1.29, 1.82) is 0 Å². The van der Waals surface area contributed by atoms with Crippen molar-refractivity contribution >= 4 is 17.7 Å². The van der Waals surface area contributed by atoms with E-state index < -0.39 is 6.04 Å². The van der Waals surface area contributed by atoms with Crippen LogP contribution in [0.5, 0.6) is 0 Å². The van der Waals surface area contributed by atoms with Crippen LogP contribution in [0.25, 0.3) is 0 Å². The molecule has 6 nitrogen and oxygen atoms in total. The summed E-state index contributed by atoms with van der Waals surface area (Å²) in [4.78, 5) is 42.6. The summed E-state index contributed by atoms with van der Waals surface area (Å²) in [6, 6.07) is 8.39. The number of piperazine rings is 1. The van der Waals surface area contributed by atoms with Crippen LogP contribution >= 0.6 is 0 Å². The summed E-state index contributed by atoms with van der Waals surface area (Å²) in [5.41, 5.74) is 0.548. The molecule has 2 unspecified atom stereocenters. The molecule has 1 aromatic rings. The third-order valence-electron chi connectivity index (χ3n) is 6.43. The molecule has 1 aliphatic carbocycles. The van der Waals surface area contributed by atoms with Gasteiger partial charge in [-0.25, -0.2) is 0 Å². The minimum Gasteiger partial charge on any atom is -0.340 e. The summed E-state index contributed by atoms with van der Waals surface area (Å²) in [6.07, 6.45) is 5.49. The molecular weight excluding hydrogens is 378 g/mol. The van der Waals surface area contributed by atoms with E-state index in [0.717, 1.165) is 25.7 Å². The molecule has 3 amide bonds. The third-order valence-corrected chi connectivity index (χ3v) is 6.43. The van der Waals surface area contributed by atoms with Gasteiger partial charge in [-0.15, -0.1) is 0 Å². The number of nitrogens with zero attached hydrogens (tertiary/aromatic N) is 2. The number of benzene rings is 1. The van der Waals surface area contributed by atoms with Crippen LogP contribution in [0.1, 0.15) is 63.2 Å². The Kier molecular flexibility index (Phi) is 7.51. The molecule has 1 aromatic carbocycles. The summed E-state index contributed by atoms with van der Waals surface area (Å²) in [5, 5.41) is 2.92. The van der Waals surface area contributed by atoms with Crippen molar-refractivity contribution in [2.75, 3.05) is 19.6 Å². The second-order valence-corrected chi connectivity index (χ2v) is 9.06. The average Bonchev–Trinajstić information content (AvgIpc) is 2.77. The van der Waals surface area contributed by atoms with Crippen molar-refractivity contribution in [3.05, 3.63) is 35.9 Å².